The van der Waals surface area contributed by atoms with E-state index in [9.17, 15) is 14.4 Å². The predicted molar refractivity (Wildman–Crippen MR) is 225 cm³/mol. The van der Waals surface area contributed by atoms with Crippen molar-refractivity contribution in [3.8, 4) is 17.2 Å². The van der Waals surface area contributed by atoms with Crippen LogP contribution in [-0.4, -0.2) is 43.1 Å². The Morgan fingerprint density at radius 1 is 0.776 bits per heavy atom. The quantitative estimate of drug-likeness (QED) is 0.143. The molecule has 3 amide bonds. The van der Waals surface area contributed by atoms with Crippen LogP contribution in [0.25, 0.3) is 0 Å². The first-order chi connectivity index (χ1) is 28.3. The molecule has 0 aromatic heterocycles. The molecule has 0 aliphatic carbocycles. The number of carbonyl (C=O) groups excluding carboxylic acids is 3. The third kappa shape index (κ3) is 6.97. The molecule has 9 rings (SSSR count). The molecule has 0 saturated heterocycles. The maximum absolute atomic E-state index is 14.0. The van der Waals surface area contributed by atoms with Crippen LogP contribution in [0.1, 0.15) is 86.7 Å². The molecule has 0 bridgehead atoms. The number of benzene rings is 5. The lowest BCUT2D eigenvalue weighted by molar-refractivity contribution is -0.116. The van der Waals surface area contributed by atoms with Crippen molar-refractivity contribution in [1.82, 2.24) is 0 Å². The molecule has 10 heteroatoms. The Hall–Kier alpha value is -6.42. The summed E-state index contributed by atoms with van der Waals surface area (Å²) in [5.74, 6) is 1.50. The maximum Gasteiger partial charge on any atom is 0.261 e. The zero-order chi connectivity index (χ0) is 39.9. The van der Waals surface area contributed by atoms with Crippen molar-refractivity contribution in [3.05, 3.63) is 136 Å². The van der Waals surface area contributed by atoms with Crippen LogP contribution in [0.4, 0.5) is 22.7 Å². The number of fused-ring (bicyclic) bond motifs is 8. The fourth-order valence-corrected chi connectivity index (χ4v) is 8.78. The van der Waals surface area contributed by atoms with E-state index in [0.717, 1.165) is 77.7 Å². The number of hydrogen-bond acceptors (Lipinski definition) is 7. The molecule has 58 heavy (non-hydrogen) atoms. The molecule has 0 saturated carbocycles. The van der Waals surface area contributed by atoms with Crippen molar-refractivity contribution in [2.75, 3.05) is 22.2 Å². The summed E-state index contributed by atoms with van der Waals surface area (Å²) in [7, 11) is 1.58. The first kappa shape index (κ1) is 37.2. The molecule has 5 aromatic carbocycles. The van der Waals surface area contributed by atoms with Gasteiger partial charge in [-0.05, 0) is 115 Å². The fraction of sp³-hybridized carbons (Fsp3) is 0.292. The van der Waals surface area contributed by atoms with Gasteiger partial charge in [0, 0.05) is 53.8 Å². The highest BCUT2D eigenvalue weighted by atomic mass is 16.5. The van der Waals surface area contributed by atoms with E-state index in [2.05, 4.69) is 24.4 Å². The number of rotatable bonds is 11. The van der Waals surface area contributed by atoms with E-state index in [1.165, 1.54) is 5.56 Å². The number of carbonyl (C=O) groups is 3. The smallest absolute Gasteiger partial charge is 0.261 e. The number of unbranched alkanes of at least 4 members (excludes halogenated alkanes) is 1. The number of aliphatic imine (C=N–C) groups is 1. The lowest BCUT2D eigenvalue weighted by atomic mass is 9.99. The number of ether oxygens (including phenoxy) is 3. The lowest BCUT2D eigenvalue weighted by Crippen LogP contribution is -2.37. The van der Waals surface area contributed by atoms with E-state index in [4.69, 9.17) is 19.2 Å². The van der Waals surface area contributed by atoms with Gasteiger partial charge in [-0.15, -0.1) is 0 Å². The third-order valence-electron chi connectivity index (χ3n) is 11.7. The van der Waals surface area contributed by atoms with Gasteiger partial charge in [-0.25, -0.2) is 0 Å². The molecule has 0 radical (unpaired) electrons. The molecule has 0 fully saturated rings. The SMILES string of the molecule is CCCCC(=O)Nc1cc(COc2cc3c(cc2C)C(=O)N2c4ccccc4C[C@H]2C=N3)cc(COc2cc3c(cc2OC)C(=O)N2c4ccccc4C[C@H]2CC3)c1. The van der Waals surface area contributed by atoms with Gasteiger partial charge < -0.3 is 24.4 Å². The zero-order valence-electron chi connectivity index (χ0n) is 33.0. The molecule has 4 aliphatic heterocycles. The number of nitrogens with one attached hydrogen (secondary N) is 1. The Morgan fingerprint density at radius 3 is 2.21 bits per heavy atom. The fourth-order valence-electron chi connectivity index (χ4n) is 8.78. The van der Waals surface area contributed by atoms with Gasteiger partial charge in [0.1, 0.15) is 19.0 Å². The number of aryl methyl sites for hydroxylation is 2. The summed E-state index contributed by atoms with van der Waals surface area (Å²) >= 11 is 0. The van der Waals surface area contributed by atoms with Gasteiger partial charge in [-0.1, -0.05) is 49.7 Å². The van der Waals surface area contributed by atoms with E-state index in [0.29, 0.717) is 46.2 Å². The van der Waals surface area contributed by atoms with Crippen LogP contribution in [0.2, 0.25) is 0 Å². The molecule has 4 heterocycles. The highest BCUT2D eigenvalue weighted by molar-refractivity contribution is 6.14. The number of para-hydroxylation sites is 2. The van der Waals surface area contributed by atoms with Crippen molar-refractivity contribution in [2.45, 2.75) is 84.1 Å². The highest BCUT2D eigenvalue weighted by Crippen LogP contribution is 2.42. The summed E-state index contributed by atoms with van der Waals surface area (Å²) < 4.78 is 18.7. The summed E-state index contributed by atoms with van der Waals surface area (Å²) in [5, 5.41) is 3.07. The van der Waals surface area contributed by atoms with Crippen LogP contribution in [0.15, 0.2) is 96.0 Å². The van der Waals surface area contributed by atoms with Crippen molar-refractivity contribution in [3.63, 3.8) is 0 Å². The van der Waals surface area contributed by atoms with Gasteiger partial charge in [0.2, 0.25) is 5.91 Å². The van der Waals surface area contributed by atoms with Crippen molar-refractivity contribution in [1.29, 1.82) is 0 Å². The minimum absolute atomic E-state index is 0.0160. The third-order valence-corrected chi connectivity index (χ3v) is 11.7. The summed E-state index contributed by atoms with van der Waals surface area (Å²) in [6, 6.07) is 29.4. The minimum atomic E-state index is -0.137. The van der Waals surface area contributed by atoms with E-state index in [1.54, 1.807) is 7.11 Å². The highest BCUT2D eigenvalue weighted by Gasteiger charge is 2.38. The largest absolute Gasteiger partial charge is 0.493 e. The first-order valence-corrected chi connectivity index (χ1v) is 20.2. The molecule has 294 valence electrons. The van der Waals surface area contributed by atoms with Crippen LogP contribution in [0, 0.1) is 6.92 Å². The normalized spacial score (nSPS) is 17.3. The Kier molecular flexibility index (Phi) is 9.93. The van der Waals surface area contributed by atoms with Crippen LogP contribution in [-0.2, 0) is 37.3 Å². The van der Waals surface area contributed by atoms with Crippen LogP contribution >= 0.6 is 0 Å². The monoisotopic (exact) mass is 774 g/mol. The number of amides is 3. The molecule has 10 nitrogen and oxygen atoms in total. The Morgan fingerprint density at radius 2 is 1.47 bits per heavy atom. The van der Waals surface area contributed by atoms with Gasteiger partial charge in [-0.3, -0.25) is 24.3 Å². The molecule has 0 unspecified atom stereocenters. The first-order valence-electron chi connectivity index (χ1n) is 20.2. The van der Waals surface area contributed by atoms with Crippen molar-refractivity contribution < 1.29 is 28.6 Å². The van der Waals surface area contributed by atoms with Crippen LogP contribution in [0.5, 0.6) is 17.2 Å². The zero-order valence-corrected chi connectivity index (χ0v) is 33.0. The average Bonchev–Trinajstić information content (AvgIpc) is 3.72. The minimum Gasteiger partial charge on any atom is -0.493 e. The van der Waals surface area contributed by atoms with Gasteiger partial charge in [0.15, 0.2) is 11.5 Å². The molecular formula is C48H46N4O6. The van der Waals surface area contributed by atoms with E-state index in [-0.39, 0.29) is 43.0 Å². The summed E-state index contributed by atoms with van der Waals surface area (Å²) in [6.07, 6.45) is 7.17. The Bertz CT molecular complexity index is 2490. The van der Waals surface area contributed by atoms with Crippen molar-refractivity contribution >= 4 is 46.7 Å². The number of nitrogens with zero attached hydrogens (tertiary/aromatic N) is 3. The van der Waals surface area contributed by atoms with E-state index >= 15 is 0 Å². The number of methoxy groups -OCH3 is 1. The average molecular weight is 775 g/mol. The van der Waals surface area contributed by atoms with E-state index < -0.39 is 0 Å². The van der Waals surface area contributed by atoms with Gasteiger partial charge >= 0.3 is 0 Å². The molecule has 4 aliphatic rings. The van der Waals surface area contributed by atoms with Gasteiger partial charge in [-0.2, -0.15) is 0 Å². The Labute approximate surface area is 338 Å². The summed E-state index contributed by atoms with van der Waals surface area (Å²) in [4.78, 5) is 49.3. The van der Waals surface area contributed by atoms with Crippen molar-refractivity contribution in [2.24, 2.45) is 4.99 Å². The second kappa shape index (κ2) is 15.5. The standard InChI is InChI=1S/C48H46N4O6/c1-4-5-14-46(53)50-35-19-30(27-57-43-25-40-39(17-29(43)2)48(55)52-37(26-49-40)22-34-11-7-9-13-42(34)52)18-31(20-35)28-58-45-23-32-15-16-36-21-33-10-6-8-12-41(33)51(36)47(54)38(32)24-44(45)56-3/h6-13,17-20,23-26,36-37H,4-5,14-16,21-22,27-28H2,1-3H3,(H,50,53)/t36-,37+/m1/s1. The van der Waals surface area contributed by atoms with E-state index in [1.807, 2.05) is 102 Å². The molecule has 1 N–H and O–H groups in total. The number of hydrogen-bond donors (Lipinski definition) is 1. The van der Waals surface area contributed by atoms with Crippen LogP contribution in [0.3, 0.4) is 0 Å². The maximum atomic E-state index is 14.0. The van der Waals surface area contributed by atoms with Gasteiger partial charge in [0.25, 0.3) is 11.8 Å². The predicted octanol–water partition coefficient (Wildman–Crippen LogP) is 9.10. The molecule has 5 aromatic rings. The lowest BCUT2D eigenvalue weighted by Gasteiger charge is -2.23. The summed E-state index contributed by atoms with van der Waals surface area (Å²) in [5.41, 5.74) is 10.1. The van der Waals surface area contributed by atoms with Crippen LogP contribution < -0.4 is 29.3 Å². The summed E-state index contributed by atoms with van der Waals surface area (Å²) in [6.45, 7) is 4.38. The number of anilines is 3. The van der Waals surface area contributed by atoms with Gasteiger partial charge in [0.05, 0.1) is 24.4 Å². The topological polar surface area (TPSA) is 110 Å². The molecule has 2 atom stereocenters. The molecular weight excluding hydrogens is 729 g/mol. The second-order valence-corrected chi connectivity index (χ2v) is 15.6. The Balaban J connectivity index is 0.953. The second-order valence-electron chi connectivity index (χ2n) is 15.6. The molecule has 0 spiro atoms.